The Morgan fingerprint density at radius 2 is 2.17 bits per heavy atom. The number of hydrogen-bond acceptors (Lipinski definition) is 5. The Hall–Kier alpha value is -1.18. The number of unbranched alkanes of at least 4 members (excludes halogenated alkanes) is 2. The highest BCUT2D eigenvalue weighted by atomic mass is 32.2. The maximum Gasteiger partial charge on any atom is 0.246 e. The van der Waals surface area contributed by atoms with Crippen molar-refractivity contribution in [2.45, 2.75) is 31.1 Å². The highest BCUT2D eigenvalue weighted by Gasteiger charge is 2.23. The van der Waals surface area contributed by atoms with Gasteiger partial charge in [0, 0.05) is 26.0 Å². The van der Waals surface area contributed by atoms with E-state index >= 15 is 0 Å². The van der Waals surface area contributed by atoms with Crippen LogP contribution in [0.4, 0.5) is 5.69 Å². The minimum Gasteiger partial charge on any atom is -0.323 e. The first-order chi connectivity index (χ1) is 8.54. The summed E-state index contributed by atoms with van der Waals surface area (Å²) in [5, 5.41) is 0. The standard InChI is InChI=1S/C11H20N4O2S/c1-3-4-5-8-15(2)18(16,17)11-9-13-7-6-10(11)14-12/h6-7,9H,3-5,8,12H2,1-2H3,(H,13,14). The SMILES string of the molecule is CCCCCN(C)S(=O)(=O)c1cnccc1NN. The van der Waals surface area contributed by atoms with E-state index in [0.717, 1.165) is 19.3 Å². The Balaban J connectivity index is 2.91. The van der Waals surface area contributed by atoms with Gasteiger partial charge in [0.05, 0.1) is 5.69 Å². The number of rotatable bonds is 7. The monoisotopic (exact) mass is 272 g/mol. The quantitative estimate of drug-likeness (QED) is 0.442. The second-order valence-corrected chi connectivity index (χ2v) is 6.06. The van der Waals surface area contributed by atoms with E-state index in [-0.39, 0.29) is 4.90 Å². The topological polar surface area (TPSA) is 88.3 Å². The van der Waals surface area contributed by atoms with Crippen molar-refractivity contribution in [3.05, 3.63) is 18.5 Å². The molecule has 0 aliphatic heterocycles. The molecule has 3 N–H and O–H groups in total. The number of nitrogen functional groups attached to an aromatic ring is 1. The van der Waals surface area contributed by atoms with Gasteiger partial charge >= 0.3 is 0 Å². The largest absolute Gasteiger partial charge is 0.323 e. The summed E-state index contributed by atoms with van der Waals surface area (Å²) in [5.41, 5.74) is 2.73. The molecule has 7 heteroatoms. The molecule has 0 radical (unpaired) electrons. The normalized spacial score (nSPS) is 11.8. The fraction of sp³-hybridized carbons (Fsp3) is 0.545. The first-order valence-corrected chi connectivity index (χ1v) is 7.35. The zero-order valence-electron chi connectivity index (χ0n) is 10.8. The Bertz CT molecular complexity index is 476. The average Bonchev–Trinajstić information content (AvgIpc) is 2.38. The van der Waals surface area contributed by atoms with Gasteiger partial charge in [-0.2, -0.15) is 0 Å². The first-order valence-electron chi connectivity index (χ1n) is 5.91. The van der Waals surface area contributed by atoms with Crippen molar-refractivity contribution < 1.29 is 8.42 Å². The van der Waals surface area contributed by atoms with E-state index in [1.54, 1.807) is 7.05 Å². The Morgan fingerprint density at radius 1 is 1.44 bits per heavy atom. The molecule has 102 valence electrons. The Labute approximate surface area is 108 Å². The molecule has 1 aromatic heterocycles. The molecule has 0 bridgehead atoms. The molecular formula is C11H20N4O2S. The molecule has 1 heterocycles. The van der Waals surface area contributed by atoms with E-state index in [1.807, 2.05) is 0 Å². The van der Waals surface area contributed by atoms with Gasteiger partial charge in [-0.25, -0.2) is 12.7 Å². The molecule has 0 aliphatic rings. The summed E-state index contributed by atoms with van der Waals surface area (Å²) >= 11 is 0. The lowest BCUT2D eigenvalue weighted by atomic mass is 10.2. The molecule has 0 atom stereocenters. The van der Waals surface area contributed by atoms with Gasteiger partial charge in [-0.1, -0.05) is 19.8 Å². The molecule has 0 spiro atoms. The summed E-state index contributed by atoms with van der Waals surface area (Å²) in [6, 6.07) is 1.53. The van der Waals surface area contributed by atoms with Crippen molar-refractivity contribution >= 4 is 15.7 Å². The van der Waals surface area contributed by atoms with Gasteiger partial charge in [-0.05, 0) is 12.5 Å². The predicted molar refractivity (Wildman–Crippen MR) is 71.4 cm³/mol. The molecule has 6 nitrogen and oxygen atoms in total. The van der Waals surface area contributed by atoms with E-state index in [9.17, 15) is 8.42 Å². The van der Waals surface area contributed by atoms with E-state index in [2.05, 4.69) is 17.3 Å². The Morgan fingerprint density at radius 3 is 2.78 bits per heavy atom. The summed E-state index contributed by atoms with van der Waals surface area (Å²) in [4.78, 5) is 3.94. The average molecular weight is 272 g/mol. The third-order valence-electron chi connectivity index (χ3n) is 2.70. The minimum atomic E-state index is -3.53. The van der Waals surface area contributed by atoms with Crippen molar-refractivity contribution in [2.75, 3.05) is 19.0 Å². The minimum absolute atomic E-state index is 0.103. The summed E-state index contributed by atoms with van der Waals surface area (Å²) in [5.74, 6) is 5.31. The van der Waals surface area contributed by atoms with Crippen LogP contribution < -0.4 is 11.3 Å². The highest BCUT2D eigenvalue weighted by molar-refractivity contribution is 7.89. The fourth-order valence-corrected chi connectivity index (χ4v) is 2.88. The number of nitrogens with zero attached hydrogens (tertiary/aromatic N) is 2. The van der Waals surface area contributed by atoms with Crippen molar-refractivity contribution in [1.82, 2.24) is 9.29 Å². The molecule has 0 unspecified atom stereocenters. The zero-order valence-corrected chi connectivity index (χ0v) is 11.6. The lowest BCUT2D eigenvalue weighted by Gasteiger charge is -2.18. The number of hydrogen-bond donors (Lipinski definition) is 2. The molecular weight excluding hydrogens is 252 g/mol. The van der Waals surface area contributed by atoms with Crippen LogP contribution in [-0.2, 0) is 10.0 Å². The van der Waals surface area contributed by atoms with E-state index in [0.29, 0.717) is 12.2 Å². The zero-order chi connectivity index (χ0) is 13.6. The summed E-state index contributed by atoms with van der Waals surface area (Å²) < 4.78 is 25.9. The van der Waals surface area contributed by atoms with Gasteiger partial charge in [-0.3, -0.25) is 10.8 Å². The highest BCUT2D eigenvalue weighted by Crippen LogP contribution is 2.21. The van der Waals surface area contributed by atoms with Crippen LogP contribution in [0.1, 0.15) is 26.2 Å². The lowest BCUT2D eigenvalue weighted by Crippen LogP contribution is -2.29. The number of sulfonamides is 1. The van der Waals surface area contributed by atoms with E-state index < -0.39 is 10.0 Å². The number of aromatic nitrogens is 1. The van der Waals surface area contributed by atoms with E-state index in [1.165, 1.54) is 22.8 Å². The van der Waals surface area contributed by atoms with Crippen LogP contribution in [0.3, 0.4) is 0 Å². The van der Waals surface area contributed by atoms with Crippen LogP contribution in [0.5, 0.6) is 0 Å². The number of pyridine rings is 1. The summed E-state index contributed by atoms with van der Waals surface area (Å²) in [6.07, 6.45) is 5.70. The number of hydrazine groups is 1. The Kier molecular flexibility index (Phi) is 5.52. The van der Waals surface area contributed by atoms with Crippen molar-refractivity contribution in [2.24, 2.45) is 5.84 Å². The molecule has 1 aromatic rings. The molecule has 0 aromatic carbocycles. The third kappa shape index (κ3) is 3.41. The van der Waals surface area contributed by atoms with Crippen LogP contribution in [0, 0.1) is 0 Å². The summed E-state index contributed by atoms with van der Waals surface area (Å²) in [7, 11) is -1.97. The van der Waals surface area contributed by atoms with Crippen LogP contribution in [0.2, 0.25) is 0 Å². The van der Waals surface area contributed by atoms with Gasteiger partial charge in [0.2, 0.25) is 10.0 Å². The van der Waals surface area contributed by atoms with Crippen molar-refractivity contribution in [3.8, 4) is 0 Å². The smallest absolute Gasteiger partial charge is 0.246 e. The van der Waals surface area contributed by atoms with Crippen LogP contribution in [-0.4, -0.2) is 31.3 Å². The van der Waals surface area contributed by atoms with Gasteiger partial charge in [0.1, 0.15) is 4.90 Å². The van der Waals surface area contributed by atoms with Crippen molar-refractivity contribution in [3.63, 3.8) is 0 Å². The number of anilines is 1. The molecule has 0 saturated heterocycles. The van der Waals surface area contributed by atoms with Gasteiger partial charge in [0.25, 0.3) is 0 Å². The third-order valence-corrected chi connectivity index (χ3v) is 4.59. The molecule has 18 heavy (non-hydrogen) atoms. The van der Waals surface area contributed by atoms with Crippen LogP contribution in [0.15, 0.2) is 23.4 Å². The number of nitrogens with one attached hydrogen (secondary N) is 1. The lowest BCUT2D eigenvalue weighted by molar-refractivity contribution is 0.454. The summed E-state index contributed by atoms with van der Waals surface area (Å²) in [6.45, 7) is 2.57. The van der Waals surface area contributed by atoms with Gasteiger partial charge in [0.15, 0.2) is 0 Å². The second kappa shape index (κ2) is 6.67. The van der Waals surface area contributed by atoms with Crippen LogP contribution >= 0.6 is 0 Å². The molecule has 0 aliphatic carbocycles. The van der Waals surface area contributed by atoms with Gasteiger partial charge in [-0.15, -0.1) is 0 Å². The first kappa shape index (κ1) is 14.9. The van der Waals surface area contributed by atoms with Crippen molar-refractivity contribution in [1.29, 1.82) is 0 Å². The maximum atomic E-state index is 12.3. The van der Waals surface area contributed by atoms with Gasteiger partial charge < -0.3 is 5.43 Å². The second-order valence-electron chi connectivity index (χ2n) is 4.05. The maximum absolute atomic E-state index is 12.3. The molecule has 0 saturated carbocycles. The number of nitrogens with two attached hydrogens (primary N) is 1. The molecule has 0 amide bonds. The fourth-order valence-electron chi connectivity index (χ4n) is 1.58. The predicted octanol–water partition coefficient (Wildman–Crippen LogP) is 1.18. The van der Waals surface area contributed by atoms with E-state index in [4.69, 9.17) is 5.84 Å². The van der Waals surface area contributed by atoms with Crippen LogP contribution in [0.25, 0.3) is 0 Å². The molecule has 0 fully saturated rings. The molecule has 1 rings (SSSR count).